The zero-order valence-corrected chi connectivity index (χ0v) is 18.6. The van der Waals surface area contributed by atoms with Gasteiger partial charge >= 0.3 is 0 Å². The van der Waals surface area contributed by atoms with E-state index < -0.39 is 23.7 Å². The number of nitrogens with two attached hydrogens (primary N) is 1. The lowest BCUT2D eigenvalue weighted by atomic mass is 10.1. The van der Waals surface area contributed by atoms with Crippen molar-refractivity contribution in [1.29, 1.82) is 5.26 Å². The molecule has 2 amide bonds. The Hall–Kier alpha value is -3.82. The fourth-order valence-electron chi connectivity index (χ4n) is 3.01. The van der Waals surface area contributed by atoms with Gasteiger partial charge in [-0.05, 0) is 42.0 Å². The lowest BCUT2D eigenvalue weighted by molar-refractivity contribution is -0.119. The summed E-state index contributed by atoms with van der Waals surface area (Å²) in [6.07, 6.45) is 0.0116. The molecule has 1 unspecified atom stereocenters. The van der Waals surface area contributed by atoms with Gasteiger partial charge in [-0.25, -0.2) is 4.39 Å². The molecule has 9 nitrogen and oxygen atoms in total. The maximum atomic E-state index is 13.2. The van der Waals surface area contributed by atoms with Crippen LogP contribution in [0.25, 0.3) is 0 Å². The van der Waals surface area contributed by atoms with Crippen LogP contribution < -0.4 is 16.1 Å². The smallest absolute Gasteiger partial charge is 0.273 e. The van der Waals surface area contributed by atoms with Crippen LogP contribution in [0.15, 0.2) is 58.0 Å². The van der Waals surface area contributed by atoms with Crippen molar-refractivity contribution >= 4 is 51.4 Å². The first-order valence-electron chi connectivity index (χ1n) is 9.61. The molecule has 1 atom stereocenters. The molecular weight excluding hydrogens is 465 g/mol. The molecule has 0 bridgehead atoms. The van der Waals surface area contributed by atoms with E-state index in [9.17, 15) is 14.0 Å². The zero-order valence-electron chi connectivity index (χ0n) is 16.9. The molecule has 166 valence electrons. The molecule has 1 aromatic heterocycles. The van der Waals surface area contributed by atoms with Crippen molar-refractivity contribution in [3.05, 3.63) is 65.5 Å². The maximum Gasteiger partial charge on any atom is 0.273 e. The molecule has 3 N–H and O–H groups in total. The number of carbonyl (C=O) groups is 2. The van der Waals surface area contributed by atoms with Gasteiger partial charge in [0.15, 0.2) is 4.34 Å². The third-order valence-electron chi connectivity index (χ3n) is 4.66. The summed E-state index contributed by atoms with van der Waals surface area (Å²) in [5.41, 5.74) is 7.64. The van der Waals surface area contributed by atoms with Crippen LogP contribution in [0, 0.1) is 17.1 Å². The van der Waals surface area contributed by atoms with Gasteiger partial charge in [-0.3, -0.25) is 19.9 Å². The number of primary amides is 1. The molecule has 1 aliphatic heterocycles. The number of hydrogen-bond acceptors (Lipinski definition) is 9. The van der Waals surface area contributed by atoms with Crippen molar-refractivity contribution in [2.24, 2.45) is 10.8 Å². The molecule has 33 heavy (non-hydrogen) atoms. The van der Waals surface area contributed by atoms with Crippen LogP contribution in [0.1, 0.15) is 17.5 Å². The number of nitrogens with zero attached hydrogens (tertiary/aromatic N) is 5. The molecule has 2 aromatic carbocycles. The topological polar surface area (TPSA) is 137 Å². The average molecular weight is 482 g/mol. The van der Waals surface area contributed by atoms with E-state index in [0.717, 1.165) is 5.56 Å². The predicted molar refractivity (Wildman–Crippen MR) is 123 cm³/mol. The van der Waals surface area contributed by atoms with Crippen LogP contribution >= 0.6 is 23.1 Å². The van der Waals surface area contributed by atoms with Gasteiger partial charge in [-0.2, -0.15) is 10.4 Å². The maximum absolute atomic E-state index is 13.2. The first-order chi connectivity index (χ1) is 15.9. The summed E-state index contributed by atoms with van der Waals surface area (Å²) >= 11 is 2.66. The van der Waals surface area contributed by atoms with E-state index in [1.807, 2.05) is 12.1 Å². The minimum atomic E-state index is -0.857. The number of carbonyl (C=O) groups excluding carboxylic acids is 2. The van der Waals surface area contributed by atoms with Crippen molar-refractivity contribution in [2.75, 3.05) is 10.3 Å². The Bertz CT molecular complexity index is 1250. The van der Waals surface area contributed by atoms with Crippen molar-refractivity contribution in [3.63, 3.8) is 0 Å². The van der Waals surface area contributed by atoms with Crippen LogP contribution in [0.5, 0.6) is 0 Å². The van der Waals surface area contributed by atoms with Crippen LogP contribution in [0.3, 0.4) is 0 Å². The summed E-state index contributed by atoms with van der Waals surface area (Å²) in [7, 11) is 0. The van der Waals surface area contributed by atoms with Crippen LogP contribution in [-0.4, -0.2) is 33.8 Å². The molecule has 0 fully saturated rings. The summed E-state index contributed by atoms with van der Waals surface area (Å²) in [6, 6.07) is 13.8. The van der Waals surface area contributed by atoms with E-state index in [4.69, 9.17) is 11.0 Å². The number of anilines is 2. The summed E-state index contributed by atoms with van der Waals surface area (Å²) < 4.78 is 13.9. The number of halogens is 1. The highest BCUT2D eigenvalue weighted by molar-refractivity contribution is 8.00. The molecule has 2 heterocycles. The molecule has 12 heteroatoms. The highest BCUT2D eigenvalue weighted by Gasteiger charge is 2.35. The Labute approximate surface area is 196 Å². The minimum Gasteiger partial charge on any atom is -0.368 e. The van der Waals surface area contributed by atoms with Crippen LogP contribution in [0.4, 0.5) is 15.2 Å². The monoisotopic (exact) mass is 481 g/mol. The van der Waals surface area contributed by atoms with Gasteiger partial charge in [0.1, 0.15) is 17.6 Å². The molecule has 0 saturated carbocycles. The number of nitrogens with one attached hydrogen (secondary N) is 1. The Morgan fingerprint density at radius 3 is 2.61 bits per heavy atom. The standard InChI is InChI=1S/C21H16FN7O2S2/c22-14-5-7-15(8-6-14)29-17(18(24)30)9-16(28-29)19(31)25-20-26-27-21(33-20)32-11-13-3-1-12(10-23)2-4-13/h1-8,17H,9,11H2,(H2,24,30)(H,25,26,31). The highest BCUT2D eigenvalue weighted by Crippen LogP contribution is 2.29. The normalized spacial score (nSPS) is 15.1. The number of nitriles is 1. The second-order valence-corrected chi connectivity index (χ2v) is 9.11. The van der Waals surface area contributed by atoms with Crippen molar-refractivity contribution in [1.82, 2.24) is 10.2 Å². The van der Waals surface area contributed by atoms with E-state index in [0.29, 0.717) is 26.5 Å². The first kappa shape index (κ1) is 22.4. The zero-order chi connectivity index (χ0) is 23.4. The highest BCUT2D eigenvalue weighted by atomic mass is 32.2. The number of amides is 2. The molecule has 0 spiro atoms. The Balaban J connectivity index is 1.40. The van der Waals surface area contributed by atoms with Gasteiger partial charge in [0, 0.05) is 12.2 Å². The number of rotatable bonds is 7. The van der Waals surface area contributed by atoms with E-state index in [1.54, 1.807) is 12.1 Å². The SMILES string of the molecule is N#Cc1ccc(CSc2nnc(NC(=O)C3=NN(c4ccc(F)cc4)C(C(N)=O)C3)s2)cc1. The van der Waals surface area contributed by atoms with Gasteiger partial charge < -0.3 is 5.73 Å². The number of hydrazone groups is 1. The number of aromatic nitrogens is 2. The second kappa shape index (κ2) is 9.76. The van der Waals surface area contributed by atoms with Crippen molar-refractivity contribution < 1.29 is 14.0 Å². The number of benzene rings is 2. The van der Waals surface area contributed by atoms with Crippen LogP contribution in [-0.2, 0) is 15.3 Å². The van der Waals surface area contributed by atoms with Crippen molar-refractivity contribution in [2.45, 2.75) is 22.6 Å². The Morgan fingerprint density at radius 2 is 1.94 bits per heavy atom. The predicted octanol–water partition coefficient (Wildman–Crippen LogP) is 2.90. The third-order valence-corrected chi connectivity index (χ3v) is 6.71. The molecule has 1 aliphatic rings. The minimum absolute atomic E-state index is 0.0116. The third kappa shape index (κ3) is 5.33. The first-order valence-corrected chi connectivity index (χ1v) is 11.4. The summed E-state index contributed by atoms with van der Waals surface area (Å²) in [5, 5.41) is 25.4. The van der Waals surface area contributed by atoms with Gasteiger partial charge in [-0.1, -0.05) is 35.2 Å². The summed E-state index contributed by atoms with van der Waals surface area (Å²) in [4.78, 5) is 24.6. The van der Waals surface area contributed by atoms with Gasteiger partial charge in [-0.15, -0.1) is 10.2 Å². The lowest BCUT2D eigenvalue weighted by Gasteiger charge is -2.20. The van der Waals surface area contributed by atoms with E-state index >= 15 is 0 Å². The van der Waals surface area contributed by atoms with E-state index in [-0.39, 0.29) is 12.1 Å². The second-order valence-electron chi connectivity index (χ2n) is 6.91. The number of thioether (sulfide) groups is 1. The Kier molecular flexibility index (Phi) is 6.62. The average Bonchev–Trinajstić information content (AvgIpc) is 3.46. The summed E-state index contributed by atoms with van der Waals surface area (Å²) in [5.74, 6) is -0.970. The fraction of sp³-hybridized carbons (Fsp3) is 0.143. The van der Waals surface area contributed by atoms with Gasteiger partial charge in [0.2, 0.25) is 11.0 Å². The largest absolute Gasteiger partial charge is 0.368 e. The van der Waals surface area contributed by atoms with E-state index in [2.05, 4.69) is 26.7 Å². The molecule has 3 aromatic rings. The fourth-order valence-corrected chi connectivity index (χ4v) is 4.71. The molecule has 0 aliphatic carbocycles. The van der Waals surface area contributed by atoms with E-state index in [1.165, 1.54) is 52.4 Å². The Morgan fingerprint density at radius 1 is 1.21 bits per heavy atom. The lowest BCUT2D eigenvalue weighted by Crippen LogP contribution is -2.39. The summed E-state index contributed by atoms with van der Waals surface area (Å²) in [6.45, 7) is 0. The quantitative estimate of drug-likeness (QED) is 0.391. The van der Waals surface area contributed by atoms with Crippen molar-refractivity contribution in [3.8, 4) is 6.07 Å². The molecule has 0 radical (unpaired) electrons. The number of hydrogen-bond donors (Lipinski definition) is 2. The molecule has 4 rings (SSSR count). The van der Waals surface area contributed by atoms with Gasteiger partial charge in [0.25, 0.3) is 5.91 Å². The molecular formula is C21H16FN7O2S2. The van der Waals surface area contributed by atoms with Gasteiger partial charge in [0.05, 0.1) is 17.3 Å². The van der Waals surface area contributed by atoms with Crippen LogP contribution in [0.2, 0.25) is 0 Å². The molecule has 0 saturated heterocycles.